The fraction of sp³-hybridized carbons (Fsp3) is 0.895. The van der Waals surface area contributed by atoms with Crippen molar-refractivity contribution in [3.63, 3.8) is 0 Å². The van der Waals surface area contributed by atoms with Gasteiger partial charge in [-0.15, -0.1) is 0 Å². The van der Waals surface area contributed by atoms with E-state index < -0.39 is 0 Å². The smallest absolute Gasteiger partial charge is 0.306 e. The summed E-state index contributed by atoms with van der Waals surface area (Å²) in [5, 5.41) is 0. The number of carbonyl (C=O) groups is 2. The highest BCUT2D eigenvalue weighted by Gasteiger charge is 2.21. The third kappa shape index (κ3) is 12.1. The molecule has 0 fully saturated rings. The van der Waals surface area contributed by atoms with Crippen LogP contribution in [0.1, 0.15) is 86.0 Å². The SMILES string of the molecule is CCCCCCCOC(=O)CCCC(=O)OC(C(C)C)C(C)C. The van der Waals surface area contributed by atoms with Crippen molar-refractivity contribution in [3.05, 3.63) is 0 Å². The lowest BCUT2D eigenvalue weighted by Gasteiger charge is -2.24. The van der Waals surface area contributed by atoms with Crippen LogP contribution in [0.3, 0.4) is 0 Å². The minimum absolute atomic E-state index is 0.0578. The topological polar surface area (TPSA) is 52.6 Å². The van der Waals surface area contributed by atoms with E-state index in [2.05, 4.69) is 34.6 Å². The normalized spacial score (nSPS) is 11.3. The molecule has 0 N–H and O–H groups in total. The quantitative estimate of drug-likeness (QED) is 0.356. The van der Waals surface area contributed by atoms with Crippen LogP contribution in [0.2, 0.25) is 0 Å². The second kappa shape index (κ2) is 13.4. The molecule has 4 nitrogen and oxygen atoms in total. The van der Waals surface area contributed by atoms with E-state index >= 15 is 0 Å². The molecule has 0 aromatic carbocycles. The molecule has 0 heterocycles. The summed E-state index contributed by atoms with van der Waals surface area (Å²) in [4.78, 5) is 23.4. The molecule has 136 valence electrons. The lowest BCUT2D eigenvalue weighted by Crippen LogP contribution is -2.28. The Morgan fingerprint density at radius 3 is 1.91 bits per heavy atom. The summed E-state index contributed by atoms with van der Waals surface area (Å²) in [7, 11) is 0. The van der Waals surface area contributed by atoms with Gasteiger partial charge < -0.3 is 9.47 Å². The predicted octanol–water partition coefficient (Wildman–Crippen LogP) is 4.89. The van der Waals surface area contributed by atoms with Crippen molar-refractivity contribution in [3.8, 4) is 0 Å². The van der Waals surface area contributed by atoms with Gasteiger partial charge in [0.05, 0.1) is 6.61 Å². The van der Waals surface area contributed by atoms with Crippen molar-refractivity contribution in [1.82, 2.24) is 0 Å². The molecule has 0 saturated heterocycles. The van der Waals surface area contributed by atoms with Crippen LogP contribution in [0.15, 0.2) is 0 Å². The van der Waals surface area contributed by atoms with Gasteiger partial charge in [0, 0.05) is 12.8 Å². The first-order valence-corrected chi connectivity index (χ1v) is 9.23. The number of hydrogen-bond donors (Lipinski definition) is 0. The standard InChI is InChI=1S/C19H36O4/c1-6-7-8-9-10-14-22-17(20)12-11-13-18(21)23-19(15(2)3)16(4)5/h15-16,19H,6-14H2,1-5H3. The number of esters is 2. The Balaban J connectivity index is 3.72. The van der Waals surface area contributed by atoms with Crippen LogP contribution in [-0.2, 0) is 19.1 Å². The van der Waals surface area contributed by atoms with Crippen LogP contribution in [0.5, 0.6) is 0 Å². The van der Waals surface area contributed by atoms with Gasteiger partial charge >= 0.3 is 11.9 Å². The highest BCUT2D eigenvalue weighted by atomic mass is 16.5. The van der Waals surface area contributed by atoms with Crippen molar-refractivity contribution in [2.45, 2.75) is 92.1 Å². The van der Waals surface area contributed by atoms with Crippen LogP contribution in [0.4, 0.5) is 0 Å². The van der Waals surface area contributed by atoms with Crippen molar-refractivity contribution >= 4 is 11.9 Å². The maximum atomic E-state index is 11.8. The molecular weight excluding hydrogens is 292 g/mol. The van der Waals surface area contributed by atoms with Gasteiger partial charge in [-0.05, 0) is 24.7 Å². The van der Waals surface area contributed by atoms with Gasteiger partial charge in [-0.1, -0.05) is 60.3 Å². The van der Waals surface area contributed by atoms with Gasteiger partial charge in [0.1, 0.15) is 6.10 Å². The Labute approximate surface area is 142 Å². The maximum absolute atomic E-state index is 11.8. The lowest BCUT2D eigenvalue weighted by atomic mass is 9.96. The minimum atomic E-state index is -0.218. The van der Waals surface area contributed by atoms with Gasteiger partial charge in [-0.2, -0.15) is 0 Å². The van der Waals surface area contributed by atoms with E-state index in [-0.39, 0.29) is 30.9 Å². The predicted molar refractivity (Wildman–Crippen MR) is 93.1 cm³/mol. The van der Waals surface area contributed by atoms with Crippen LogP contribution in [0.25, 0.3) is 0 Å². The molecule has 0 aliphatic heterocycles. The molecule has 0 aromatic heterocycles. The van der Waals surface area contributed by atoms with Crippen molar-refractivity contribution in [2.75, 3.05) is 6.61 Å². The van der Waals surface area contributed by atoms with E-state index in [1.54, 1.807) is 0 Å². The third-order valence-electron chi connectivity index (χ3n) is 3.85. The highest BCUT2D eigenvalue weighted by Crippen LogP contribution is 2.17. The summed E-state index contributed by atoms with van der Waals surface area (Å²) < 4.78 is 10.7. The van der Waals surface area contributed by atoms with Gasteiger partial charge in [0.2, 0.25) is 0 Å². The first kappa shape index (κ1) is 21.9. The van der Waals surface area contributed by atoms with Gasteiger partial charge in [0.15, 0.2) is 0 Å². The maximum Gasteiger partial charge on any atom is 0.306 e. The molecule has 0 saturated carbocycles. The van der Waals surface area contributed by atoms with E-state index in [1.165, 1.54) is 19.3 Å². The fourth-order valence-electron chi connectivity index (χ4n) is 2.59. The summed E-state index contributed by atoms with van der Waals surface area (Å²) in [5.74, 6) is 0.176. The van der Waals surface area contributed by atoms with Gasteiger partial charge in [-0.3, -0.25) is 9.59 Å². The molecule has 0 rings (SSSR count). The summed E-state index contributed by atoms with van der Waals surface area (Å²) in [5.41, 5.74) is 0. The fourth-order valence-corrected chi connectivity index (χ4v) is 2.59. The Morgan fingerprint density at radius 1 is 0.783 bits per heavy atom. The molecule has 0 atom stereocenters. The van der Waals surface area contributed by atoms with E-state index in [4.69, 9.17) is 9.47 Å². The van der Waals surface area contributed by atoms with Crippen molar-refractivity contribution in [1.29, 1.82) is 0 Å². The van der Waals surface area contributed by atoms with Gasteiger partial charge in [0.25, 0.3) is 0 Å². The second-order valence-corrected chi connectivity index (χ2v) is 6.93. The second-order valence-electron chi connectivity index (χ2n) is 6.93. The molecule has 4 heteroatoms. The third-order valence-corrected chi connectivity index (χ3v) is 3.85. The average molecular weight is 328 g/mol. The molecule has 0 aromatic rings. The van der Waals surface area contributed by atoms with Crippen molar-refractivity contribution in [2.24, 2.45) is 11.8 Å². The number of unbranched alkanes of at least 4 members (excludes halogenated alkanes) is 4. The van der Waals surface area contributed by atoms with Gasteiger partial charge in [-0.25, -0.2) is 0 Å². The molecule has 0 aliphatic rings. The molecule has 0 spiro atoms. The number of ether oxygens (including phenoxy) is 2. The molecular formula is C19H36O4. The Morgan fingerprint density at radius 2 is 1.35 bits per heavy atom. The first-order chi connectivity index (χ1) is 10.9. The van der Waals surface area contributed by atoms with Crippen LogP contribution >= 0.6 is 0 Å². The zero-order valence-corrected chi connectivity index (χ0v) is 15.7. The lowest BCUT2D eigenvalue weighted by molar-refractivity contribution is -0.154. The minimum Gasteiger partial charge on any atom is -0.466 e. The average Bonchev–Trinajstić information content (AvgIpc) is 2.47. The molecule has 23 heavy (non-hydrogen) atoms. The Bertz CT molecular complexity index is 315. The van der Waals surface area contributed by atoms with E-state index in [0.29, 0.717) is 24.9 Å². The zero-order chi connectivity index (χ0) is 17.7. The van der Waals surface area contributed by atoms with Crippen LogP contribution < -0.4 is 0 Å². The number of hydrogen-bond acceptors (Lipinski definition) is 4. The van der Waals surface area contributed by atoms with E-state index in [0.717, 1.165) is 12.8 Å². The summed E-state index contributed by atoms with van der Waals surface area (Å²) in [6, 6.07) is 0. The molecule has 0 amide bonds. The van der Waals surface area contributed by atoms with E-state index in [9.17, 15) is 9.59 Å². The van der Waals surface area contributed by atoms with Crippen LogP contribution in [-0.4, -0.2) is 24.6 Å². The molecule has 0 radical (unpaired) electrons. The summed E-state index contributed by atoms with van der Waals surface area (Å²) in [6.07, 6.45) is 6.70. The molecule has 0 bridgehead atoms. The Kier molecular flexibility index (Phi) is 12.8. The van der Waals surface area contributed by atoms with Crippen molar-refractivity contribution < 1.29 is 19.1 Å². The number of rotatable bonds is 13. The highest BCUT2D eigenvalue weighted by molar-refractivity contribution is 5.72. The number of carbonyl (C=O) groups excluding carboxylic acids is 2. The largest absolute Gasteiger partial charge is 0.466 e. The first-order valence-electron chi connectivity index (χ1n) is 9.23. The zero-order valence-electron chi connectivity index (χ0n) is 15.7. The van der Waals surface area contributed by atoms with Crippen LogP contribution in [0, 0.1) is 11.8 Å². The molecule has 0 unspecified atom stereocenters. The summed E-state index contributed by atoms with van der Waals surface area (Å²) >= 11 is 0. The van der Waals surface area contributed by atoms with E-state index in [1.807, 2.05) is 0 Å². The summed E-state index contributed by atoms with van der Waals surface area (Å²) in [6.45, 7) is 10.9. The molecule has 0 aliphatic carbocycles. The Hall–Kier alpha value is -1.06. The monoisotopic (exact) mass is 328 g/mol.